The van der Waals surface area contributed by atoms with E-state index in [0.717, 1.165) is 34.0 Å². The summed E-state index contributed by atoms with van der Waals surface area (Å²) in [7, 11) is 1.66. The number of aliphatic imine (C=N–C) groups is 1. The fourth-order valence-electron chi connectivity index (χ4n) is 2.92. The van der Waals surface area contributed by atoms with E-state index in [4.69, 9.17) is 10.5 Å². The summed E-state index contributed by atoms with van der Waals surface area (Å²) in [6, 6.07) is 13.6. The average molecular weight is 325 g/mol. The highest BCUT2D eigenvalue weighted by molar-refractivity contribution is 5.93. The molecule has 0 saturated heterocycles. The predicted molar refractivity (Wildman–Crippen MR) is 96.5 cm³/mol. The van der Waals surface area contributed by atoms with Crippen LogP contribution in [0.2, 0.25) is 0 Å². The number of hydrogen-bond donors (Lipinski definition) is 3. The third-order valence-electron chi connectivity index (χ3n) is 4.33. The minimum Gasteiger partial charge on any atom is -0.497 e. The quantitative estimate of drug-likeness (QED) is 0.596. The van der Waals surface area contributed by atoms with Crippen LogP contribution in [0.4, 0.5) is 5.69 Å². The Kier molecular flexibility index (Phi) is 4.83. The van der Waals surface area contributed by atoms with Gasteiger partial charge in [-0.15, -0.1) is 0 Å². The summed E-state index contributed by atoms with van der Waals surface area (Å²) in [5, 5.41) is 13.1. The number of fused-ring (bicyclic) bond motifs is 1. The first-order valence-electron chi connectivity index (χ1n) is 8.04. The van der Waals surface area contributed by atoms with Gasteiger partial charge in [-0.25, -0.2) is 0 Å². The van der Waals surface area contributed by atoms with Crippen LogP contribution in [0.15, 0.2) is 47.5 Å². The lowest BCUT2D eigenvalue weighted by Crippen LogP contribution is -2.21. The van der Waals surface area contributed by atoms with Crippen LogP contribution in [-0.2, 0) is 13.0 Å². The lowest BCUT2D eigenvalue weighted by atomic mass is 10.1. The number of aliphatic hydroxyl groups excluding tert-OH is 1. The second kappa shape index (κ2) is 7.03. The molecule has 1 aliphatic rings. The SMILES string of the molecule is COc1ccc(CN=C(C)Nc2ccc3c(c2)[C@@H](N)[C@H](O)C3)cc1. The molecule has 3 rings (SSSR count). The molecule has 0 heterocycles. The molecule has 0 aliphatic heterocycles. The number of aliphatic hydroxyl groups is 1. The molecule has 0 saturated carbocycles. The van der Waals surface area contributed by atoms with Gasteiger partial charge in [0.15, 0.2) is 0 Å². The van der Waals surface area contributed by atoms with E-state index in [0.29, 0.717) is 13.0 Å². The summed E-state index contributed by atoms with van der Waals surface area (Å²) in [6.45, 7) is 2.54. The Hall–Kier alpha value is -2.37. The Labute approximate surface area is 142 Å². The first-order chi connectivity index (χ1) is 11.6. The van der Waals surface area contributed by atoms with Crippen molar-refractivity contribution < 1.29 is 9.84 Å². The number of amidine groups is 1. The molecule has 2 atom stereocenters. The number of hydrogen-bond acceptors (Lipinski definition) is 4. The lowest BCUT2D eigenvalue weighted by molar-refractivity contribution is 0.158. The van der Waals surface area contributed by atoms with Crippen LogP contribution in [0.5, 0.6) is 5.75 Å². The molecule has 24 heavy (non-hydrogen) atoms. The van der Waals surface area contributed by atoms with E-state index < -0.39 is 6.10 Å². The third-order valence-corrected chi connectivity index (χ3v) is 4.33. The zero-order valence-electron chi connectivity index (χ0n) is 14.0. The topological polar surface area (TPSA) is 79.9 Å². The Morgan fingerprint density at radius 2 is 2.04 bits per heavy atom. The summed E-state index contributed by atoms with van der Waals surface area (Å²) in [5.41, 5.74) is 10.2. The number of nitrogens with zero attached hydrogens (tertiary/aromatic N) is 1. The van der Waals surface area contributed by atoms with Gasteiger partial charge in [0.1, 0.15) is 5.75 Å². The predicted octanol–water partition coefficient (Wildman–Crippen LogP) is 2.64. The monoisotopic (exact) mass is 325 g/mol. The van der Waals surface area contributed by atoms with E-state index in [1.807, 2.05) is 49.4 Å². The zero-order chi connectivity index (χ0) is 17.1. The van der Waals surface area contributed by atoms with E-state index in [9.17, 15) is 5.11 Å². The summed E-state index contributed by atoms with van der Waals surface area (Å²) in [4.78, 5) is 4.56. The largest absolute Gasteiger partial charge is 0.497 e. The van der Waals surface area contributed by atoms with E-state index in [-0.39, 0.29) is 6.04 Å². The molecule has 0 unspecified atom stereocenters. The molecule has 1 aliphatic carbocycles. The van der Waals surface area contributed by atoms with E-state index >= 15 is 0 Å². The van der Waals surface area contributed by atoms with Crippen molar-refractivity contribution in [2.24, 2.45) is 10.7 Å². The maximum atomic E-state index is 9.86. The van der Waals surface area contributed by atoms with Gasteiger partial charge in [-0.2, -0.15) is 0 Å². The van der Waals surface area contributed by atoms with E-state index in [1.54, 1.807) is 7.11 Å². The van der Waals surface area contributed by atoms with Gasteiger partial charge in [0.05, 0.1) is 31.6 Å². The molecule has 0 spiro atoms. The zero-order valence-corrected chi connectivity index (χ0v) is 14.0. The van der Waals surface area contributed by atoms with Crippen molar-refractivity contribution in [2.75, 3.05) is 12.4 Å². The minimum atomic E-state index is -0.486. The smallest absolute Gasteiger partial charge is 0.118 e. The van der Waals surface area contributed by atoms with Crippen molar-refractivity contribution in [3.8, 4) is 5.75 Å². The molecule has 0 aromatic heterocycles. The number of rotatable bonds is 4. The van der Waals surface area contributed by atoms with Crippen molar-refractivity contribution in [3.05, 3.63) is 59.2 Å². The van der Waals surface area contributed by atoms with Crippen LogP contribution < -0.4 is 15.8 Å². The number of anilines is 1. The number of ether oxygens (including phenoxy) is 1. The van der Waals surface area contributed by atoms with Gasteiger partial charge in [-0.3, -0.25) is 4.99 Å². The molecular weight excluding hydrogens is 302 g/mol. The fraction of sp³-hybridized carbons (Fsp3) is 0.316. The van der Waals surface area contributed by atoms with Gasteiger partial charge >= 0.3 is 0 Å². The van der Waals surface area contributed by atoms with Crippen molar-refractivity contribution in [1.82, 2.24) is 0 Å². The second-order valence-corrected chi connectivity index (χ2v) is 6.09. The van der Waals surface area contributed by atoms with Crippen molar-refractivity contribution in [2.45, 2.75) is 32.0 Å². The van der Waals surface area contributed by atoms with E-state index in [1.165, 1.54) is 0 Å². The van der Waals surface area contributed by atoms with Gasteiger partial charge in [0.25, 0.3) is 0 Å². The first-order valence-corrected chi connectivity index (χ1v) is 8.04. The van der Waals surface area contributed by atoms with Gasteiger partial charge in [0, 0.05) is 12.1 Å². The highest BCUT2D eigenvalue weighted by atomic mass is 16.5. The van der Waals surface area contributed by atoms with Gasteiger partial charge in [0.2, 0.25) is 0 Å². The fourth-order valence-corrected chi connectivity index (χ4v) is 2.92. The lowest BCUT2D eigenvalue weighted by Gasteiger charge is -2.11. The number of benzene rings is 2. The van der Waals surface area contributed by atoms with Crippen LogP contribution in [0, 0.1) is 0 Å². The molecule has 5 heteroatoms. The standard InChI is InChI=1S/C19H23N3O2/c1-12(21-11-13-3-7-16(24-2)8-4-13)22-15-6-5-14-9-18(23)19(20)17(14)10-15/h3-8,10,18-19,23H,9,11,20H2,1-2H3,(H,21,22)/t18-,19-/m1/s1. The summed E-state index contributed by atoms with van der Waals surface area (Å²) in [6.07, 6.45) is 0.140. The second-order valence-electron chi connectivity index (χ2n) is 6.09. The van der Waals surface area contributed by atoms with Gasteiger partial charge in [-0.1, -0.05) is 18.2 Å². The molecule has 4 N–H and O–H groups in total. The molecule has 2 aromatic rings. The first kappa shape index (κ1) is 16.5. The summed E-state index contributed by atoms with van der Waals surface area (Å²) < 4.78 is 5.15. The van der Waals surface area contributed by atoms with Crippen molar-refractivity contribution in [3.63, 3.8) is 0 Å². The third kappa shape index (κ3) is 3.58. The molecule has 126 valence electrons. The van der Waals surface area contributed by atoms with Crippen LogP contribution in [-0.4, -0.2) is 24.2 Å². The Morgan fingerprint density at radius 1 is 1.29 bits per heavy atom. The van der Waals surface area contributed by atoms with Gasteiger partial charge in [-0.05, 0) is 47.9 Å². The molecule has 5 nitrogen and oxygen atoms in total. The highest BCUT2D eigenvalue weighted by Crippen LogP contribution is 2.31. The van der Waals surface area contributed by atoms with Crippen LogP contribution in [0.1, 0.15) is 29.7 Å². The molecular formula is C19H23N3O2. The van der Waals surface area contributed by atoms with Crippen LogP contribution in [0.25, 0.3) is 0 Å². The van der Waals surface area contributed by atoms with Crippen molar-refractivity contribution in [1.29, 1.82) is 0 Å². The maximum Gasteiger partial charge on any atom is 0.118 e. The van der Waals surface area contributed by atoms with Crippen LogP contribution >= 0.6 is 0 Å². The Morgan fingerprint density at radius 3 is 2.75 bits per heavy atom. The normalized spacial score (nSPS) is 19.9. The Balaban J connectivity index is 1.65. The molecule has 0 amide bonds. The number of nitrogens with one attached hydrogen (secondary N) is 1. The minimum absolute atomic E-state index is 0.307. The Bertz CT molecular complexity index is 741. The molecule has 0 radical (unpaired) electrons. The molecule has 2 aromatic carbocycles. The van der Waals surface area contributed by atoms with E-state index in [2.05, 4.69) is 10.3 Å². The molecule has 0 fully saturated rings. The highest BCUT2D eigenvalue weighted by Gasteiger charge is 2.27. The number of methoxy groups -OCH3 is 1. The van der Waals surface area contributed by atoms with Crippen molar-refractivity contribution >= 4 is 11.5 Å². The summed E-state index contributed by atoms with van der Waals surface area (Å²) in [5.74, 6) is 1.67. The van der Waals surface area contributed by atoms with Crippen LogP contribution in [0.3, 0.4) is 0 Å². The summed E-state index contributed by atoms with van der Waals surface area (Å²) >= 11 is 0. The average Bonchev–Trinajstić information content (AvgIpc) is 2.88. The maximum absolute atomic E-state index is 9.86. The number of nitrogens with two attached hydrogens (primary N) is 1. The van der Waals surface area contributed by atoms with Gasteiger partial charge < -0.3 is 20.9 Å². The molecule has 0 bridgehead atoms.